The summed E-state index contributed by atoms with van der Waals surface area (Å²) in [6, 6.07) is 8.38. The molecule has 17 heavy (non-hydrogen) atoms. The maximum Gasteiger partial charge on any atom is 0.0594 e. The summed E-state index contributed by atoms with van der Waals surface area (Å²) < 4.78 is 6.68. The van der Waals surface area contributed by atoms with Gasteiger partial charge in [0.25, 0.3) is 0 Å². The second-order valence-electron chi connectivity index (χ2n) is 4.40. The van der Waals surface area contributed by atoms with Gasteiger partial charge in [-0.05, 0) is 29.7 Å². The predicted molar refractivity (Wildman–Crippen MR) is 72.3 cm³/mol. The highest BCUT2D eigenvalue weighted by Crippen LogP contribution is 2.28. The fraction of sp³-hybridized carbons (Fsp3) is 0.385. The molecule has 1 aliphatic heterocycles. The minimum absolute atomic E-state index is 0.841. The standard InChI is InChI=1S/C13H16N2OS/c14-11-1-2-13-10(7-11)8-12(17-13)9-15-3-5-16-6-4-15/h1-2,7-8H,3-6,9,14H2. The van der Waals surface area contributed by atoms with Crippen molar-refractivity contribution in [3.63, 3.8) is 0 Å². The van der Waals surface area contributed by atoms with Crippen LogP contribution in [0.2, 0.25) is 0 Å². The molecule has 2 N–H and O–H groups in total. The van der Waals surface area contributed by atoms with Crippen LogP contribution >= 0.6 is 11.3 Å². The molecular weight excluding hydrogens is 232 g/mol. The van der Waals surface area contributed by atoms with Gasteiger partial charge >= 0.3 is 0 Å². The summed E-state index contributed by atoms with van der Waals surface area (Å²) in [5.74, 6) is 0. The first-order valence-electron chi connectivity index (χ1n) is 5.89. The highest BCUT2D eigenvalue weighted by atomic mass is 32.1. The van der Waals surface area contributed by atoms with Gasteiger partial charge in [-0.3, -0.25) is 4.90 Å². The van der Waals surface area contributed by atoms with E-state index in [2.05, 4.69) is 23.1 Å². The van der Waals surface area contributed by atoms with E-state index < -0.39 is 0 Å². The van der Waals surface area contributed by atoms with Gasteiger partial charge in [0.1, 0.15) is 0 Å². The lowest BCUT2D eigenvalue weighted by Gasteiger charge is -2.25. The summed E-state index contributed by atoms with van der Waals surface area (Å²) in [4.78, 5) is 3.85. The van der Waals surface area contributed by atoms with E-state index in [4.69, 9.17) is 10.5 Å². The average Bonchev–Trinajstić information content (AvgIpc) is 2.71. The Morgan fingerprint density at radius 2 is 2.06 bits per heavy atom. The van der Waals surface area contributed by atoms with E-state index in [0.29, 0.717) is 0 Å². The molecule has 3 nitrogen and oxygen atoms in total. The number of nitrogen functional groups attached to an aromatic ring is 1. The third kappa shape index (κ3) is 2.44. The minimum atomic E-state index is 0.841. The molecule has 0 spiro atoms. The van der Waals surface area contributed by atoms with Crippen LogP contribution in [0, 0.1) is 0 Å². The van der Waals surface area contributed by atoms with Crippen molar-refractivity contribution in [2.75, 3.05) is 32.0 Å². The van der Waals surface area contributed by atoms with Crippen molar-refractivity contribution >= 4 is 27.1 Å². The molecule has 2 heterocycles. The highest BCUT2D eigenvalue weighted by molar-refractivity contribution is 7.19. The molecule has 3 rings (SSSR count). The van der Waals surface area contributed by atoms with Crippen molar-refractivity contribution in [2.45, 2.75) is 6.54 Å². The molecule has 0 bridgehead atoms. The van der Waals surface area contributed by atoms with Gasteiger partial charge in [-0.25, -0.2) is 0 Å². The summed E-state index contributed by atoms with van der Waals surface area (Å²) in [6.07, 6.45) is 0. The van der Waals surface area contributed by atoms with Gasteiger partial charge in [-0.2, -0.15) is 0 Å². The van der Waals surface area contributed by atoms with Crippen LogP contribution in [0.4, 0.5) is 5.69 Å². The fourth-order valence-corrected chi connectivity index (χ4v) is 3.26. The Hall–Kier alpha value is -1.10. The molecule has 90 valence electrons. The summed E-state index contributed by atoms with van der Waals surface area (Å²) in [5.41, 5.74) is 6.64. The first kappa shape index (κ1) is 11.0. The molecule has 1 aromatic heterocycles. The molecule has 0 amide bonds. The second-order valence-corrected chi connectivity index (χ2v) is 5.57. The Kier molecular flexibility index (Phi) is 3.01. The SMILES string of the molecule is Nc1ccc2sc(CN3CCOCC3)cc2c1. The van der Waals surface area contributed by atoms with Crippen LogP contribution in [-0.2, 0) is 11.3 Å². The zero-order valence-corrected chi connectivity index (χ0v) is 10.5. The lowest BCUT2D eigenvalue weighted by molar-refractivity contribution is 0.0346. The first-order chi connectivity index (χ1) is 8.31. The fourth-order valence-electron chi connectivity index (χ4n) is 2.17. The third-order valence-corrected chi connectivity index (χ3v) is 4.18. The molecule has 0 saturated carbocycles. The minimum Gasteiger partial charge on any atom is -0.399 e. The molecular formula is C13H16N2OS. The van der Waals surface area contributed by atoms with Crippen molar-refractivity contribution in [1.82, 2.24) is 4.90 Å². The molecule has 0 unspecified atom stereocenters. The molecule has 0 aliphatic carbocycles. The van der Waals surface area contributed by atoms with Gasteiger partial charge in [-0.1, -0.05) is 0 Å². The molecule has 1 fully saturated rings. The lowest BCUT2D eigenvalue weighted by atomic mass is 10.2. The Morgan fingerprint density at radius 3 is 2.88 bits per heavy atom. The Morgan fingerprint density at radius 1 is 1.24 bits per heavy atom. The smallest absolute Gasteiger partial charge is 0.0594 e. The number of hydrogen-bond acceptors (Lipinski definition) is 4. The van der Waals surface area contributed by atoms with E-state index in [1.54, 1.807) is 0 Å². The number of rotatable bonds is 2. The van der Waals surface area contributed by atoms with E-state index in [9.17, 15) is 0 Å². The van der Waals surface area contributed by atoms with Crippen LogP contribution in [0.5, 0.6) is 0 Å². The van der Waals surface area contributed by atoms with Crippen LogP contribution in [0.3, 0.4) is 0 Å². The van der Waals surface area contributed by atoms with Crippen LogP contribution in [0.25, 0.3) is 10.1 Å². The normalized spacial score (nSPS) is 17.6. The van der Waals surface area contributed by atoms with Gasteiger partial charge < -0.3 is 10.5 Å². The Bertz CT molecular complexity index is 517. The molecule has 0 atom stereocenters. The Balaban J connectivity index is 1.80. The maximum absolute atomic E-state index is 5.80. The average molecular weight is 248 g/mol. The first-order valence-corrected chi connectivity index (χ1v) is 6.71. The largest absolute Gasteiger partial charge is 0.399 e. The van der Waals surface area contributed by atoms with Crippen LogP contribution in [0.1, 0.15) is 4.88 Å². The summed E-state index contributed by atoms with van der Waals surface area (Å²) in [5, 5.41) is 1.26. The van der Waals surface area contributed by atoms with Crippen molar-refractivity contribution in [3.8, 4) is 0 Å². The molecule has 4 heteroatoms. The number of fused-ring (bicyclic) bond motifs is 1. The number of thiophene rings is 1. The van der Waals surface area contributed by atoms with E-state index >= 15 is 0 Å². The number of ether oxygens (including phenoxy) is 1. The van der Waals surface area contributed by atoms with Gasteiger partial charge in [0.15, 0.2) is 0 Å². The molecule has 2 aromatic rings. The van der Waals surface area contributed by atoms with Crippen molar-refractivity contribution in [2.24, 2.45) is 0 Å². The van der Waals surface area contributed by atoms with E-state index in [1.165, 1.54) is 15.0 Å². The quantitative estimate of drug-likeness (QED) is 0.829. The topological polar surface area (TPSA) is 38.5 Å². The van der Waals surface area contributed by atoms with Gasteiger partial charge in [0.05, 0.1) is 13.2 Å². The van der Waals surface area contributed by atoms with Gasteiger partial charge in [0.2, 0.25) is 0 Å². The van der Waals surface area contributed by atoms with E-state index in [0.717, 1.165) is 38.5 Å². The zero-order chi connectivity index (χ0) is 11.7. The number of nitrogens with zero attached hydrogens (tertiary/aromatic N) is 1. The highest BCUT2D eigenvalue weighted by Gasteiger charge is 2.12. The van der Waals surface area contributed by atoms with Crippen molar-refractivity contribution in [1.29, 1.82) is 0 Å². The summed E-state index contributed by atoms with van der Waals surface area (Å²) in [7, 11) is 0. The van der Waals surface area contributed by atoms with Crippen LogP contribution in [-0.4, -0.2) is 31.2 Å². The van der Waals surface area contributed by atoms with Crippen LogP contribution in [0.15, 0.2) is 24.3 Å². The van der Waals surface area contributed by atoms with Gasteiger partial charge in [0, 0.05) is 34.9 Å². The van der Waals surface area contributed by atoms with Crippen molar-refractivity contribution < 1.29 is 4.74 Å². The number of anilines is 1. The van der Waals surface area contributed by atoms with Gasteiger partial charge in [-0.15, -0.1) is 11.3 Å². The summed E-state index contributed by atoms with van der Waals surface area (Å²) >= 11 is 1.86. The number of morpholine rings is 1. The second kappa shape index (κ2) is 4.64. The van der Waals surface area contributed by atoms with E-state index in [-0.39, 0.29) is 0 Å². The van der Waals surface area contributed by atoms with Crippen LogP contribution < -0.4 is 5.73 Å². The molecule has 0 radical (unpaired) electrons. The zero-order valence-electron chi connectivity index (χ0n) is 9.69. The molecule has 1 aliphatic rings. The van der Waals surface area contributed by atoms with E-state index in [1.807, 2.05) is 17.4 Å². The maximum atomic E-state index is 5.80. The molecule has 1 saturated heterocycles. The lowest BCUT2D eigenvalue weighted by Crippen LogP contribution is -2.35. The number of benzene rings is 1. The van der Waals surface area contributed by atoms with Crippen molar-refractivity contribution in [3.05, 3.63) is 29.1 Å². The summed E-state index contributed by atoms with van der Waals surface area (Å²) in [6.45, 7) is 4.82. The monoisotopic (exact) mass is 248 g/mol. The number of hydrogen-bond donors (Lipinski definition) is 1. The third-order valence-electron chi connectivity index (χ3n) is 3.07. The molecule has 1 aromatic carbocycles. The Labute approximate surface area is 105 Å². The number of nitrogens with two attached hydrogens (primary N) is 1. The predicted octanol–water partition coefficient (Wildman–Crippen LogP) is 2.32.